The number of rotatable bonds is 4. The van der Waals surface area contributed by atoms with E-state index in [1.807, 2.05) is 4.83 Å². The van der Waals surface area contributed by atoms with E-state index in [9.17, 15) is 18.0 Å². The molecule has 0 radical (unpaired) electrons. The van der Waals surface area contributed by atoms with Crippen molar-refractivity contribution in [1.82, 2.24) is 15.2 Å². The molecule has 3 amide bonds. The van der Waals surface area contributed by atoms with E-state index in [-0.39, 0.29) is 4.90 Å². The van der Waals surface area contributed by atoms with Gasteiger partial charge in [0.25, 0.3) is 15.9 Å². The molecule has 0 aromatic heterocycles. The molecule has 2 aromatic rings. The molecular formula is C15H14N4O4S. The fourth-order valence-corrected chi connectivity index (χ4v) is 3.27. The minimum absolute atomic E-state index is 0.111. The topological polar surface area (TPSA) is 122 Å². The molecule has 8 nitrogen and oxygen atoms in total. The number of nitrogens with zero attached hydrogens (tertiary/aromatic N) is 1. The number of amides is 3. The Morgan fingerprint density at radius 2 is 1.62 bits per heavy atom. The minimum Gasteiger partial charge on any atom is -0.399 e. The number of nitrogen functional groups attached to an aromatic ring is 1. The Morgan fingerprint density at radius 3 is 2.25 bits per heavy atom. The smallest absolute Gasteiger partial charge is 0.340 e. The number of carbonyl (C=O) groups excluding carboxylic acids is 2. The van der Waals surface area contributed by atoms with E-state index in [1.165, 1.54) is 24.3 Å². The van der Waals surface area contributed by atoms with Gasteiger partial charge in [-0.1, -0.05) is 30.3 Å². The average Bonchev–Trinajstić information content (AvgIpc) is 2.84. The molecule has 0 unspecified atom stereocenters. The van der Waals surface area contributed by atoms with Gasteiger partial charge in [-0.15, -0.1) is 4.83 Å². The van der Waals surface area contributed by atoms with Crippen molar-refractivity contribution >= 4 is 27.6 Å². The highest BCUT2D eigenvalue weighted by Gasteiger charge is 2.41. The van der Waals surface area contributed by atoms with Crippen molar-refractivity contribution in [2.75, 3.05) is 5.73 Å². The zero-order valence-corrected chi connectivity index (χ0v) is 13.2. The van der Waals surface area contributed by atoms with Gasteiger partial charge in [-0.2, -0.15) is 5.01 Å². The molecule has 1 atom stereocenters. The van der Waals surface area contributed by atoms with Crippen LogP contribution >= 0.6 is 0 Å². The third-order valence-electron chi connectivity index (χ3n) is 3.47. The highest BCUT2D eigenvalue weighted by atomic mass is 32.2. The molecule has 1 aliphatic rings. The van der Waals surface area contributed by atoms with Crippen molar-refractivity contribution in [3.05, 3.63) is 60.2 Å². The summed E-state index contributed by atoms with van der Waals surface area (Å²) in [5, 5.41) is 2.91. The molecule has 2 aromatic carbocycles. The molecule has 0 bridgehead atoms. The van der Waals surface area contributed by atoms with E-state index >= 15 is 0 Å². The predicted molar refractivity (Wildman–Crippen MR) is 85.7 cm³/mol. The number of benzene rings is 2. The lowest BCUT2D eigenvalue weighted by Gasteiger charge is -2.14. The highest BCUT2D eigenvalue weighted by molar-refractivity contribution is 7.89. The van der Waals surface area contributed by atoms with Gasteiger partial charge in [0.2, 0.25) is 0 Å². The minimum atomic E-state index is -4.09. The summed E-state index contributed by atoms with van der Waals surface area (Å²) < 4.78 is 24.6. The van der Waals surface area contributed by atoms with E-state index < -0.39 is 28.0 Å². The van der Waals surface area contributed by atoms with Crippen molar-refractivity contribution in [3.63, 3.8) is 0 Å². The van der Waals surface area contributed by atoms with Crippen molar-refractivity contribution in [2.24, 2.45) is 0 Å². The lowest BCUT2D eigenvalue weighted by Crippen LogP contribution is -2.46. The van der Waals surface area contributed by atoms with Crippen LogP contribution in [0.3, 0.4) is 0 Å². The van der Waals surface area contributed by atoms with Gasteiger partial charge in [-0.05, 0) is 29.8 Å². The van der Waals surface area contributed by atoms with Gasteiger partial charge in [-0.3, -0.25) is 4.79 Å². The first kappa shape index (κ1) is 16.0. The third kappa shape index (κ3) is 2.94. The fraction of sp³-hybridized carbons (Fsp3) is 0.0667. The number of urea groups is 1. The Bertz CT molecular complexity index is 881. The average molecular weight is 346 g/mol. The lowest BCUT2D eigenvalue weighted by molar-refractivity contribution is -0.128. The Morgan fingerprint density at radius 1 is 1.00 bits per heavy atom. The van der Waals surface area contributed by atoms with E-state index in [2.05, 4.69) is 5.32 Å². The van der Waals surface area contributed by atoms with Crippen molar-refractivity contribution in [3.8, 4) is 0 Å². The van der Waals surface area contributed by atoms with Crippen LogP contribution < -0.4 is 15.9 Å². The Labute approximate surface area is 138 Å². The van der Waals surface area contributed by atoms with Crippen LogP contribution in [0.15, 0.2) is 59.5 Å². The number of hydrogen-bond acceptors (Lipinski definition) is 5. The van der Waals surface area contributed by atoms with Crippen molar-refractivity contribution in [2.45, 2.75) is 10.9 Å². The molecule has 3 rings (SSSR count). The quantitative estimate of drug-likeness (QED) is 0.557. The van der Waals surface area contributed by atoms with Gasteiger partial charge < -0.3 is 11.1 Å². The summed E-state index contributed by atoms with van der Waals surface area (Å²) in [6.07, 6.45) is 0. The summed E-state index contributed by atoms with van der Waals surface area (Å²) in [6.45, 7) is 0. The maximum Gasteiger partial charge on any atom is 0.340 e. The second-order valence-electron chi connectivity index (χ2n) is 5.13. The molecule has 24 heavy (non-hydrogen) atoms. The second-order valence-corrected chi connectivity index (χ2v) is 6.79. The zero-order chi connectivity index (χ0) is 17.3. The first-order valence-corrected chi connectivity index (χ1v) is 8.44. The van der Waals surface area contributed by atoms with E-state index in [4.69, 9.17) is 5.73 Å². The monoisotopic (exact) mass is 346 g/mol. The standard InChI is InChI=1S/C15H14N4O4S/c16-11-6-8-12(9-7-11)24(22,23)18-19-14(20)13(17-15(19)21)10-4-2-1-3-5-10/h1-9,13,18H,16H2,(H,17,21)/t13-/m0/s1. The van der Waals surface area contributed by atoms with Crippen molar-refractivity contribution in [1.29, 1.82) is 0 Å². The first-order chi connectivity index (χ1) is 11.4. The fourth-order valence-electron chi connectivity index (χ4n) is 2.26. The Hall–Kier alpha value is -2.91. The van der Waals surface area contributed by atoms with Crippen LogP contribution in [0.2, 0.25) is 0 Å². The molecule has 1 heterocycles. The van der Waals surface area contributed by atoms with E-state index in [0.717, 1.165) is 0 Å². The SMILES string of the molecule is Nc1ccc(S(=O)(=O)NN2C(=O)N[C@@H](c3ccccc3)C2=O)cc1. The maximum absolute atomic E-state index is 12.4. The second kappa shape index (κ2) is 5.95. The van der Waals surface area contributed by atoms with Gasteiger partial charge >= 0.3 is 6.03 Å². The van der Waals surface area contributed by atoms with Crippen LogP contribution in [0.25, 0.3) is 0 Å². The zero-order valence-electron chi connectivity index (χ0n) is 12.3. The largest absolute Gasteiger partial charge is 0.399 e. The number of imide groups is 1. The molecule has 0 saturated carbocycles. The number of carbonyl (C=O) groups is 2. The Balaban J connectivity index is 1.84. The van der Waals surface area contributed by atoms with Gasteiger partial charge in [-0.25, -0.2) is 13.2 Å². The number of sulfonamides is 1. The van der Waals surface area contributed by atoms with E-state index in [0.29, 0.717) is 16.3 Å². The summed E-state index contributed by atoms with van der Waals surface area (Å²) >= 11 is 0. The van der Waals surface area contributed by atoms with Crippen LogP contribution in [-0.2, 0) is 14.8 Å². The van der Waals surface area contributed by atoms with Crippen LogP contribution in [0.4, 0.5) is 10.5 Å². The van der Waals surface area contributed by atoms with Gasteiger partial charge in [0.05, 0.1) is 4.90 Å². The molecule has 124 valence electrons. The molecule has 1 aliphatic heterocycles. The van der Waals surface area contributed by atoms with Crippen molar-refractivity contribution < 1.29 is 18.0 Å². The molecule has 1 saturated heterocycles. The van der Waals surface area contributed by atoms with Gasteiger partial charge in [0.15, 0.2) is 0 Å². The summed E-state index contributed by atoms with van der Waals surface area (Å²) in [5.41, 5.74) is 6.47. The van der Waals surface area contributed by atoms with Crippen LogP contribution in [0.5, 0.6) is 0 Å². The van der Waals surface area contributed by atoms with Gasteiger partial charge in [0, 0.05) is 5.69 Å². The molecule has 1 fully saturated rings. The van der Waals surface area contributed by atoms with Gasteiger partial charge in [0.1, 0.15) is 6.04 Å². The summed E-state index contributed by atoms with van der Waals surface area (Å²) in [7, 11) is -4.09. The third-order valence-corrected chi connectivity index (χ3v) is 4.79. The summed E-state index contributed by atoms with van der Waals surface area (Å²) in [5.74, 6) is -0.703. The number of nitrogens with two attached hydrogens (primary N) is 1. The van der Waals surface area contributed by atoms with Crippen LogP contribution in [-0.4, -0.2) is 25.4 Å². The molecule has 9 heteroatoms. The summed E-state index contributed by atoms with van der Waals surface area (Å²) in [6, 6.07) is 12.1. The number of hydrazine groups is 1. The van der Waals surface area contributed by atoms with Crippen LogP contribution in [0, 0.1) is 0 Å². The Kier molecular flexibility index (Phi) is 3.96. The number of hydrogen-bond donors (Lipinski definition) is 3. The maximum atomic E-state index is 12.4. The van der Waals surface area contributed by atoms with E-state index in [1.54, 1.807) is 30.3 Å². The molecular weight excluding hydrogens is 332 g/mol. The highest BCUT2D eigenvalue weighted by Crippen LogP contribution is 2.21. The summed E-state index contributed by atoms with van der Waals surface area (Å²) in [4.78, 5) is 26.2. The predicted octanol–water partition coefficient (Wildman–Crippen LogP) is 0.755. The lowest BCUT2D eigenvalue weighted by atomic mass is 10.1. The normalized spacial score (nSPS) is 17.8. The van der Waals surface area contributed by atoms with Crippen LogP contribution in [0.1, 0.15) is 11.6 Å². The number of anilines is 1. The molecule has 0 aliphatic carbocycles. The molecule has 4 N–H and O–H groups in total. The molecule has 0 spiro atoms. The number of nitrogens with one attached hydrogen (secondary N) is 2. The first-order valence-electron chi connectivity index (χ1n) is 6.96.